The molecule has 162 valence electrons. The van der Waals surface area contributed by atoms with E-state index in [2.05, 4.69) is 15.5 Å². The van der Waals surface area contributed by atoms with Crippen molar-refractivity contribution in [1.29, 1.82) is 0 Å². The molecule has 3 heterocycles. The van der Waals surface area contributed by atoms with E-state index in [0.29, 0.717) is 30.8 Å². The molecule has 31 heavy (non-hydrogen) atoms. The predicted octanol–water partition coefficient (Wildman–Crippen LogP) is 2.14. The summed E-state index contributed by atoms with van der Waals surface area (Å²) >= 11 is 0. The quantitative estimate of drug-likeness (QED) is 0.680. The molecule has 1 aliphatic rings. The summed E-state index contributed by atoms with van der Waals surface area (Å²) in [6, 6.07) is 11.1. The van der Waals surface area contributed by atoms with Crippen LogP contribution in [0.3, 0.4) is 0 Å². The second kappa shape index (κ2) is 8.63. The monoisotopic (exact) mass is 422 g/mol. The van der Waals surface area contributed by atoms with Crippen molar-refractivity contribution in [3.05, 3.63) is 59.5 Å². The Hall–Kier alpha value is -3.62. The van der Waals surface area contributed by atoms with Gasteiger partial charge in [-0.05, 0) is 36.2 Å². The van der Waals surface area contributed by atoms with Crippen molar-refractivity contribution in [2.45, 2.75) is 18.9 Å². The zero-order valence-electron chi connectivity index (χ0n) is 17.9. The van der Waals surface area contributed by atoms with Gasteiger partial charge in [0.1, 0.15) is 11.6 Å². The number of carbonyl (C=O) groups is 2. The number of rotatable bonds is 5. The maximum absolute atomic E-state index is 12.7. The smallest absolute Gasteiger partial charge is 0.319 e. The minimum Gasteiger partial charge on any atom is -0.497 e. The first-order valence-corrected chi connectivity index (χ1v) is 10.2. The normalized spacial score (nSPS) is 15.8. The van der Waals surface area contributed by atoms with Crippen LogP contribution in [0.4, 0.5) is 4.79 Å². The van der Waals surface area contributed by atoms with Gasteiger partial charge in [-0.3, -0.25) is 9.20 Å². The topological polar surface area (TPSA) is 92.1 Å². The highest BCUT2D eigenvalue weighted by atomic mass is 16.5. The number of fused-ring (bicyclic) bond motifs is 1. The van der Waals surface area contributed by atoms with Gasteiger partial charge in [-0.2, -0.15) is 0 Å². The minimum absolute atomic E-state index is 0.00562. The number of ether oxygens (including phenoxy) is 1. The molecule has 2 aromatic heterocycles. The summed E-state index contributed by atoms with van der Waals surface area (Å²) in [5, 5.41) is 11.5. The molecular weight excluding hydrogens is 396 g/mol. The number of carbonyl (C=O) groups excluding carboxylic acids is 2. The third-order valence-corrected chi connectivity index (χ3v) is 5.48. The molecule has 3 aromatic rings. The lowest BCUT2D eigenvalue weighted by atomic mass is 10.1. The van der Waals surface area contributed by atoms with Crippen LogP contribution in [0.25, 0.3) is 5.65 Å². The van der Waals surface area contributed by atoms with Crippen molar-refractivity contribution in [2.75, 3.05) is 34.3 Å². The van der Waals surface area contributed by atoms with Gasteiger partial charge in [0.05, 0.1) is 12.7 Å². The Labute approximate surface area is 180 Å². The van der Waals surface area contributed by atoms with Gasteiger partial charge >= 0.3 is 6.03 Å². The number of hydrogen-bond acceptors (Lipinski definition) is 5. The van der Waals surface area contributed by atoms with Gasteiger partial charge in [-0.25, -0.2) is 4.79 Å². The van der Waals surface area contributed by atoms with E-state index in [4.69, 9.17) is 4.74 Å². The SMILES string of the molecule is COc1cccc(CNC(=O)c2ccc3nnc([C@H]4CCN(C(=O)N(C)C)C4)n3c2)c1. The second-order valence-electron chi connectivity index (χ2n) is 7.85. The molecule has 1 aromatic carbocycles. The highest BCUT2D eigenvalue weighted by Crippen LogP contribution is 2.27. The number of amides is 3. The van der Waals surface area contributed by atoms with E-state index in [0.717, 1.165) is 23.6 Å². The molecule has 1 N–H and O–H groups in total. The molecule has 0 bridgehead atoms. The summed E-state index contributed by atoms with van der Waals surface area (Å²) in [6.45, 7) is 1.66. The van der Waals surface area contributed by atoms with Gasteiger partial charge < -0.3 is 19.9 Å². The van der Waals surface area contributed by atoms with Crippen molar-refractivity contribution in [3.63, 3.8) is 0 Å². The van der Waals surface area contributed by atoms with Gasteiger partial charge in [0, 0.05) is 45.8 Å². The molecule has 0 unspecified atom stereocenters. The fraction of sp³-hybridized carbons (Fsp3) is 0.364. The highest BCUT2D eigenvalue weighted by Gasteiger charge is 2.31. The van der Waals surface area contributed by atoms with Crippen LogP contribution in [0.2, 0.25) is 0 Å². The van der Waals surface area contributed by atoms with Crippen molar-refractivity contribution in [1.82, 2.24) is 29.7 Å². The van der Waals surface area contributed by atoms with E-state index in [1.807, 2.05) is 33.6 Å². The summed E-state index contributed by atoms with van der Waals surface area (Å²) in [6.07, 6.45) is 2.58. The zero-order valence-corrected chi connectivity index (χ0v) is 17.9. The molecule has 1 aliphatic heterocycles. The summed E-state index contributed by atoms with van der Waals surface area (Å²) < 4.78 is 7.08. The van der Waals surface area contributed by atoms with Gasteiger partial charge in [0.2, 0.25) is 0 Å². The van der Waals surface area contributed by atoms with Crippen molar-refractivity contribution in [2.24, 2.45) is 0 Å². The van der Waals surface area contributed by atoms with E-state index in [1.54, 1.807) is 44.4 Å². The largest absolute Gasteiger partial charge is 0.497 e. The standard InChI is InChI=1S/C22H26N6O3/c1-26(2)22(30)27-10-9-16(13-27)20-25-24-19-8-7-17(14-28(19)20)21(29)23-12-15-5-4-6-18(11-15)31-3/h4-8,11,14,16H,9-10,12-13H2,1-3H3,(H,23,29)/t16-/m0/s1. The average molecular weight is 422 g/mol. The van der Waals surface area contributed by atoms with Crippen LogP contribution in [0, 0.1) is 0 Å². The number of methoxy groups -OCH3 is 1. The molecule has 0 spiro atoms. The lowest BCUT2D eigenvalue weighted by Crippen LogP contribution is -2.37. The first-order valence-electron chi connectivity index (χ1n) is 10.2. The maximum atomic E-state index is 12.7. The molecule has 0 aliphatic carbocycles. The highest BCUT2D eigenvalue weighted by molar-refractivity contribution is 5.94. The van der Waals surface area contributed by atoms with Gasteiger partial charge in [-0.1, -0.05) is 12.1 Å². The first kappa shape index (κ1) is 20.6. The van der Waals surface area contributed by atoms with Crippen LogP contribution in [-0.2, 0) is 6.54 Å². The maximum Gasteiger partial charge on any atom is 0.319 e. The Morgan fingerprint density at radius 1 is 1.23 bits per heavy atom. The van der Waals surface area contributed by atoms with Gasteiger partial charge in [0.15, 0.2) is 5.65 Å². The summed E-state index contributed by atoms with van der Waals surface area (Å²) in [5.74, 6) is 1.42. The molecule has 4 rings (SSSR count). The minimum atomic E-state index is -0.180. The van der Waals surface area contributed by atoms with Gasteiger partial charge in [0.25, 0.3) is 5.91 Å². The molecule has 9 nitrogen and oxygen atoms in total. The van der Waals surface area contributed by atoms with E-state index in [1.165, 1.54) is 0 Å². The van der Waals surface area contributed by atoms with Crippen molar-refractivity contribution >= 4 is 17.6 Å². The van der Waals surface area contributed by atoms with Crippen LogP contribution in [0.15, 0.2) is 42.6 Å². The lowest BCUT2D eigenvalue weighted by molar-refractivity contribution is 0.0950. The number of benzene rings is 1. The average Bonchev–Trinajstić information content (AvgIpc) is 3.43. The number of aromatic nitrogens is 3. The second-order valence-corrected chi connectivity index (χ2v) is 7.85. The van der Waals surface area contributed by atoms with Crippen LogP contribution < -0.4 is 10.1 Å². The Balaban J connectivity index is 1.49. The summed E-state index contributed by atoms with van der Waals surface area (Å²) in [7, 11) is 5.11. The Morgan fingerprint density at radius 3 is 2.84 bits per heavy atom. The predicted molar refractivity (Wildman–Crippen MR) is 115 cm³/mol. The number of pyridine rings is 1. The number of nitrogens with one attached hydrogen (secondary N) is 1. The van der Waals surface area contributed by atoms with E-state index < -0.39 is 0 Å². The molecule has 0 saturated carbocycles. The van der Waals surface area contributed by atoms with Crippen molar-refractivity contribution in [3.8, 4) is 5.75 Å². The molecule has 1 saturated heterocycles. The molecule has 1 atom stereocenters. The van der Waals surface area contributed by atoms with E-state index in [9.17, 15) is 9.59 Å². The van der Waals surface area contributed by atoms with Crippen LogP contribution in [0.1, 0.15) is 34.1 Å². The summed E-state index contributed by atoms with van der Waals surface area (Å²) in [5.41, 5.74) is 2.16. The molecule has 1 fully saturated rings. The number of nitrogens with zero attached hydrogens (tertiary/aromatic N) is 5. The fourth-order valence-corrected chi connectivity index (χ4v) is 3.82. The fourth-order valence-electron chi connectivity index (χ4n) is 3.82. The van der Waals surface area contributed by atoms with Gasteiger partial charge in [-0.15, -0.1) is 10.2 Å². The molecule has 9 heteroatoms. The molecule has 0 radical (unpaired) electrons. The zero-order chi connectivity index (χ0) is 22.0. The third-order valence-electron chi connectivity index (χ3n) is 5.48. The van der Waals surface area contributed by atoms with Crippen LogP contribution in [0.5, 0.6) is 5.75 Å². The summed E-state index contributed by atoms with van der Waals surface area (Å²) in [4.78, 5) is 28.4. The van der Waals surface area contributed by atoms with Crippen LogP contribution in [-0.4, -0.2) is 70.6 Å². The van der Waals surface area contributed by atoms with E-state index in [-0.39, 0.29) is 17.9 Å². The first-order chi connectivity index (χ1) is 15.0. The third kappa shape index (κ3) is 4.30. The van der Waals surface area contributed by atoms with E-state index >= 15 is 0 Å². The Kier molecular flexibility index (Phi) is 5.75. The van der Waals surface area contributed by atoms with Crippen molar-refractivity contribution < 1.29 is 14.3 Å². The lowest BCUT2D eigenvalue weighted by Gasteiger charge is -2.21. The molecular formula is C22H26N6O3. The Morgan fingerprint density at radius 2 is 2.06 bits per heavy atom. The number of hydrogen-bond donors (Lipinski definition) is 1. The number of urea groups is 1. The Bertz CT molecular complexity index is 1110. The number of likely N-dealkylation sites (tertiary alicyclic amines) is 1. The van der Waals surface area contributed by atoms with Crippen LogP contribution >= 0.6 is 0 Å². The molecule has 3 amide bonds.